The molecule has 0 bridgehead atoms. The highest BCUT2D eigenvalue weighted by molar-refractivity contribution is 6.34. The summed E-state index contributed by atoms with van der Waals surface area (Å²) in [6, 6.07) is 13.4. The van der Waals surface area contributed by atoms with E-state index in [4.69, 9.17) is 17.3 Å². The summed E-state index contributed by atoms with van der Waals surface area (Å²) in [7, 11) is 0. The smallest absolute Gasteiger partial charge is 0.262 e. The molecule has 0 aliphatic heterocycles. The van der Waals surface area contributed by atoms with Crippen molar-refractivity contribution >= 4 is 58.2 Å². The molecule has 9 nitrogen and oxygen atoms in total. The molecule has 4 aromatic rings. The van der Waals surface area contributed by atoms with Crippen LogP contribution in [0.5, 0.6) is 0 Å². The molecule has 180 valence electrons. The van der Waals surface area contributed by atoms with Crippen molar-refractivity contribution in [3.05, 3.63) is 92.6 Å². The molecule has 0 aliphatic carbocycles. The second-order valence-corrected chi connectivity index (χ2v) is 7.99. The highest BCUT2D eigenvalue weighted by Crippen LogP contribution is 2.24. The molecule has 0 aliphatic rings. The molecule has 0 atom stereocenters. The summed E-state index contributed by atoms with van der Waals surface area (Å²) in [5, 5.41) is 6.15. The molecule has 2 heterocycles. The molecule has 0 radical (unpaired) electrons. The van der Waals surface area contributed by atoms with Crippen LogP contribution in [-0.2, 0) is 6.42 Å². The van der Waals surface area contributed by atoms with Crippen molar-refractivity contribution in [1.29, 1.82) is 0 Å². The number of hydrogen-bond donors (Lipinski definition) is 4. The molecule has 2 amide bonds. The number of amides is 2. The Hall–Kier alpha value is -3.95. The number of carbonyl (C=O) groups excluding carboxylic acids is 2. The number of aromatic nitrogens is 3. The first-order valence-corrected chi connectivity index (χ1v) is 10.8. The first kappa shape index (κ1) is 25.7. The van der Waals surface area contributed by atoms with Gasteiger partial charge in [-0.15, -0.1) is 12.4 Å². The van der Waals surface area contributed by atoms with Gasteiger partial charge in [0.25, 0.3) is 17.4 Å². The van der Waals surface area contributed by atoms with Gasteiger partial charge in [0.1, 0.15) is 17.0 Å². The molecule has 2 aromatic heterocycles. The Kier molecular flexibility index (Phi) is 8.06. The molecular weight excluding hydrogens is 491 g/mol. The van der Waals surface area contributed by atoms with Gasteiger partial charge < -0.3 is 21.4 Å². The fourth-order valence-electron chi connectivity index (χ4n) is 3.38. The van der Waals surface area contributed by atoms with Crippen molar-refractivity contribution in [2.75, 3.05) is 17.6 Å². The summed E-state index contributed by atoms with van der Waals surface area (Å²) < 4.78 is 0. The lowest BCUT2D eigenvalue weighted by Gasteiger charge is -2.11. The number of halogens is 2. The molecule has 4 rings (SSSR count). The topological polar surface area (TPSA) is 143 Å². The van der Waals surface area contributed by atoms with Crippen molar-refractivity contribution < 1.29 is 9.59 Å². The number of aromatic amines is 1. The molecular formula is C24H22Cl2N6O3. The third-order valence-electron chi connectivity index (χ3n) is 5.17. The number of nitrogens with two attached hydrogens (primary N) is 1. The fraction of sp³-hybridized carbons (Fsp3) is 0.125. The second-order valence-electron chi connectivity index (χ2n) is 7.59. The lowest BCUT2D eigenvalue weighted by Crippen LogP contribution is -2.26. The molecule has 0 fully saturated rings. The normalized spacial score (nSPS) is 10.5. The van der Waals surface area contributed by atoms with Crippen LogP contribution >= 0.6 is 24.0 Å². The number of nitrogens with one attached hydrogen (secondary N) is 3. The quantitative estimate of drug-likeness (QED) is 0.291. The van der Waals surface area contributed by atoms with Gasteiger partial charge in [0.2, 0.25) is 0 Å². The highest BCUT2D eigenvalue weighted by atomic mass is 35.5. The Morgan fingerprint density at radius 3 is 2.66 bits per heavy atom. The first-order valence-electron chi connectivity index (χ1n) is 10.4. The van der Waals surface area contributed by atoms with Crippen LogP contribution in [0.1, 0.15) is 32.1 Å². The summed E-state index contributed by atoms with van der Waals surface area (Å²) in [6.45, 7) is 2.08. The molecule has 35 heavy (non-hydrogen) atoms. The Balaban J connectivity index is 0.00000342. The summed E-state index contributed by atoms with van der Waals surface area (Å²) in [6.07, 6.45) is 2.09. The molecule has 11 heteroatoms. The largest absolute Gasteiger partial charge is 0.399 e. The third kappa shape index (κ3) is 5.95. The van der Waals surface area contributed by atoms with E-state index in [-0.39, 0.29) is 34.6 Å². The van der Waals surface area contributed by atoms with Crippen molar-refractivity contribution in [3.63, 3.8) is 0 Å². The van der Waals surface area contributed by atoms with E-state index in [0.717, 1.165) is 5.56 Å². The monoisotopic (exact) mass is 512 g/mol. The molecule has 0 spiro atoms. The number of para-hydroxylation sites is 1. The van der Waals surface area contributed by atoms with Crippen LogP contribution in [0.3, 0.4) is 0 Å². The zero-order valence-electron chi connectivity index (χ0n) is 18.6. The number of nitrogen functional groups attached to an aromatic ring is 1. The minimum atomic E-state index is -0.678. The van der Waals surface area contributed by atoms with Gasteiger partial charge in [-0.05, 0) is 49.2 Å². The van der Waals surface area contributed by atoms with Crippen molar-refractivity contribution in [3.8, 4) is 0 Å². The first-order chi connectivity index (χ1) is 16.3. The number of aryl methyl sites for hydroxylation is 1. The number of anilines is 2. The number of carbonyl (C=O) groups is 2. The highest BCUT2D eigenvalue weighted by Gasteiger charge is 2.16. The standard InChI is InChI=1S/C24H21ClN6O3.ClH/c1-13-28-12-16-10-17(24(34)31-21(16)29-13)23(33)30-20-11-15(6-7-18(20)25)22(32)27-9-8-14-4-2-3-5-19(14)26;/h2-7,10-12H,8-9,26H2,1H3,(H,27,32)(H,30,33)(H,28,29,31,34);1H. The van der Waals surface area contributed by atoms with E-state index in [2.05, 4.69) is 25.6 Å². The number of benzene rings is 2. The Morgan fingerprint density at radius 2 is 1.89 bits per heavy atom. The maximum Gasteiger partial charge on any atom is 0.262 e. The number of nitrogens with zero attached hydrogens (tertiary/aromatic N) is 2. The average molecular weight is 513 g/mol. The van der Waals surface area contributed by atoms with E-state index in [0.29, 0.717) is 41.1 Å². The van der Waals surface area contributed by atoms with Gasteiger partial charge in [0.05, 0.1) is 10.7 Å². The maximum absolute atomic E-state index is 12.8. The van der Waals surface area contributed by atoms with E-state index >= 15 is 0 Å². The van der Waals surface area contributed by atoms with E-state index in [9.17, 15) is 14.4 Å². The Labute approximate surface area is 211 Å². The Morgan fingerprint density at radius 1 is 1.11 bits per heavy atom. The fourth-order valence-corrected chi connectivity index (χ4v) is 3.54. The van der Waals surface area contributed by atoms with Crippen molar-refractivity contribution in [1.82, 2.24) is 20.3 Å². The summed E-state index contributed by atoms with van der Waals surface area (Å²) >= 11 is 6.22. The lowest BCUT2D eigenvalue weighted by molar-refractivity contribution is 0.0952. The van der Waals surface area contributed by atoms with Crippen molar-refractivity contribution in [2.45, 2.75) is 13.3 Å². The zero-order valence-corrected chi connectivity index (χ0v) is 20.2. The lowest BCUT2D eigenvalue weighted by atomic mass is 10.1. The van der Waals surface area contributed by atoms with Crippen LogP contribution in [0, 0.1) is 6.92 Å². The molecule has 2 aromatic carbocycles. The van der Waals surface area contributed by atoms with Gasteiger partial charge in [-0.3, -0.25) is 14.4 Å². The minimum absolute atomic E-state index is 0. The summed E-state index contributed by atoms with van der Waals surface area (Å²) in [5.41, 5.74) is 7.63. The minimum Gasteiger partial charge on any atom is -0.399 e. The van der Waals surface area contributed by atoms with E-state index in [1.54, 1.807) is 19.1 Å². The molecule has 5 N–H and O–H groups in total. The average Bonchev–Trinajstić information content (AvgIpc) is 2.81. The van der Waals surface area contributed by atoms with Gasteiger partial charge in [0.15, 0.2) is 0 Å². The van der Waals surface area contributed by atoms with E-state index in [1.807, 2.05) is 18.2 Å². The molecule has 0 unspecified atom stereocenters. The third-order valence-corrected chi connectivity index (χ3v) is 5.50. The van der Waals surface area contributed by atoms with Crippen LogP contribution < -0.4 is 21.9 Å². The van der Waals surface area contributed by atoms with Gasteiger partial charge in [-0.25, -0.2) is 9.97 Å². The van der Waals surface area contributed by atoms with Crippen LogP contribution in [0.4, 0.5) is 11.4 Å². The Bertz CT molecular complexity index is 1470. The maximum atomic E-state index is 12.8. The number of fused-ring (bicyclic) bond motifs is 1. The SMILES string of the molecule is Cc1ncc2cc(C(=O)Nc3cc(C(=O)NCCc4ccccc4N)ccc3Cl)c(=O)[nH]c2n1.Cl. The number of H-pyrrole nitrogens is 1. The predicted molar refractivity (Wildman–Crippen MR) is 138 cm³/mol. The van der Waals surface area contributed by atoms with Crippen LogP contribution in [-0.4, -0.2) is 33.3 Å². The van der Waals surface area contributed by atoms with Crippen LogP contribution in [0.2, 0.25) is 5.02 Å². The van der Waals surface area contributed by atoms with Crippen molar-refractivity contribution in [2.24, 2.45) is 0 Å². The summed E-state index contributed by atoms with van der Waals surface area (Å²) in [5.74, 6) is -0.519. The molecule has 0 saturated carbocycles. The van der Waals surface area contributed by atoms with Gasteiger partial charge in [-0.1, -0.05) is 29.8 Å². The van der Waals surface area contributed by atoms with Gasteiger partial charge in [-0.2, -0.15) is 0 Å². The number of hydrogen-bond acceptors (Lipinski definition) is 6. The second kappa shape index (κ2) is 11.0. The van der Waals surface area contributed by atoms with Crippen LogP contribution in [0.25, 0.3) is 11.0 Å². The number of pyridine rings is 1. The van der Waals surface area contributed by atoms with Gasteiger partial charge in [0, 0.05) is 29.4 Å². The predicted octanol–water partition coefficient (Wildman–Crippen LogP) is 3.51. The molecule has 0 saturated heterocycles. The van der Waals surface area contributed by atoms with Gasteiger partial charge >= 0.3 is 0 Å². The van der Waals surface area contributed by atoms with E-state index < -0.39 is 11.5 Å². The summed E-state index contributed by atoms with van der Waals surface area (Å²) in [4.78, 5) is 48.6. The van der Waals surface area contributed by atoms with Crippen LogP contribution in [0.15, 0.2) is 59.5 Å². The number of rotatable bonds is 6. The van der Waals surface area contributed by atoms with E-state index in [1.165, 1.54) is 24.4 Å². The zero-order chi connectivity index (χ0) is 24.2.